The van der Waals surface area contributed by atoms with Gasteiger partial charge in [0.25, 0.3) is 0 Å². The van der Waals surface area contributed by atoms with Gasteiger partial charge in [-0.2, -0.15) is 0 Å². The van der Waals surface area contributed by atoms with Crippen molar-refractivity contribution in [3.63, 3.8) is 0 Å². The van der Waals surface area contributed by atoms with E-state index < -0.39 is 4.92 Å². The summed E-state index contributed by atoms with van der Waals surface area (Å²) in [5.74, 6) is -0.143. The van der Waals surface area contributed by atoms with Gasteiger partial charge in [0, 0.05) is 18.2 Å². The van der Waals surface area contributed by atoms with E-state index in [-0.39, 0.29) is 11.9 Å². The van der Waals surface area contributed by atoms with Crippen LogP contribution in [0.5, 0.6) is 0 Å². The molecule has 1 saturated carbocycles. The molecule has 0 saturated heterocycles. The van der Waals surface area contributed by atoms with Gasteiger partial charge < -0.3 is 21.2 Å². The Bertz CT molecular complexity index is 351. The molecule has 0 bridgehead atoms. The highest BCUT2D eigenvalue weighted by molar-refractivity contribution is 5.46. The Morgan fingerprint density at radius 1 is 1.64 bits per heavy atom. The van der Waals surface area contributed by atoms with Crippen molar-refractivity contribution in [1.29, 1.82) is 0 Å². The summed E-state index contributed by atoms with van der Waals surface area (Å²) in [6, 6.07) is 3.50. The van der Waals surface area contributed by atoms with Crippen LogP contribution in [-0.2, 0) is 0 Å². The fraction of sp³-hybridized carbons (Fsp3) is 0.375. The lowest BCUT2D eigenvalue weighted by Gasteiger charge is -2.01. The van der Waals surface area contributed by atoms with Gasteiger partial charge in [0.2, 0.25) is 0 Å². The number of hydrogen-bond donors (Lipinski definition) is 2. The average Bonchev–Trinajstić information content (AvgIpc) is 2.82. The van der Waals surface area contributed by atoms with Crippen LogP contribution in [0.15, 0.2) is 18.3 Å². The lowest BCUT2D eigenvalue weighted by Crippen LogP contribution is -2.13. The maximum absolute atomic E-state index is 10.3. The summed E-state index contributed by atoms with van der Waals surface area (Å²) in [5, 5.41) is 13.4. The molecule has 74 valence electrons. The van der Waals surface area contributed by atoms with Crippen molar-refractivity contribution in [2.75, 3.05) is 5.32 Å². The van der Waals surface area contributed by atoms with Crippen LogP contribution in [0.2, 0.25) is 0 Å². The molecule has 2 rings (SSSR count). The first kappa shape index (κ1) is 8.89. The topological polar surface area (TPSA) is 94.1 Å². The third-order valence-electron chi connectivity index (χ3n) is 2.13. The van der Waals surface area contributed by atoms with Crippen LogP contribution >= 0.6 is 0 Å². The molecule has 2 atom stereocenters. The minimum Gasteiger partial charge on any atom is -0.378 e. The zero-order valence-electron chi connectivity index (χ0n) is 7.38. The molecule has 2 unspecified atom stereocenters. The summed E-state index contributed by atoms with van der Waals surface area (Å²) < 4.78 is 0. The average molecular weight is 194 g/mol. The van der Waals surface area contributed by atoms with Crippen LogP contribution in [0.3, 0.4) is 0 Å². The highest BCUT2D eigenvalue weighted by Crippen LogP contribution is 2.23. The number of hydrogen-bond acceptors (Lipinski definition) is 5. The molecule has 0 amide bonds. The molecular weight excluding hydrogens is 184 g/mol. The second-order valence-corrected chi connectivity index (χ2v) is 3.31. The second-order valence-electron chi connectivity index (χ2n) is 3.31. The van der Waals surface area contributed by atoms with E-state index in [0.717, 1.165) is 12.1 Å². The first-order valence-electron chi connectivity index (χ1n) is 4.29. The summed E-state index contributed by atoms with van der Waals surface area (Å²) in [6.07, 6.45) is 2.39. The first-order valence-corrected chi connectivity index (χ1v) is 4.29. The zero-order valence-corrected chi connectivity index (χ0v) is 7.38. The molecule has 1 aromatic rings. The molecule has 0 spiro atoms. The van der Waals surface area contributed by atoms with E-state index in [4.69, 9.17) is 5.73 Å². The van der Waals surface area contributed by atoms with E-state index >= 15 is 0 Å². The van der Waals surface area contributed by atoms with Gasteiger partial charge in [0.1, 0.15) is 0 Å². The second kappa shape index (κ2) is 3.22. The predicted octanol–water partition coefficient (Wildman–Crippen LogP) is 0.501. The smallest absolute Gasteiger partial charge is 0.363 e. The number of nitrogens with zero attached hydrogens (tertiary/aromatic N) is 2. The standard InChI is InChI=1S/C8H10N4O2/c9-6-3-7(6)11-5-1-2-8(10-4-5)12(13)14/h1-2,4,6-7,11H,3,9H2. The third kappa shape index (κ3) is 1.80. The Labute approximate surface area is 80.3 Å². The van der Waals surface area contributed by atoms with Crippen LogP contribution in [0, 0.1) is 10.1 Å². The maximum Gasteiger partial charge on any atom is 0.363 e. The molecular formula is C8H10N4O2. The third-order valence-corrected chi connectivity index (χ3v) is 2.13. The van der Waals surface area contributed by atoms with Crippen molar-refractivity contribution in [1.82, 2.24) is 4.98 Å². The number of nitrogens with one attached hydrogen (secondary N) is 1. The van der Waals surface area contributed by atoms with Crippen molar-refractivity contribution in [3.8, 4) is 0 Å². The van der Waals surface area contributed by atoms with E-state index in [0.29, 0.717) is 6.04 Å². The summed E-state index contributed by atoms with van der Waals surface area (Å²) in [7, 11) is 0. The Morgan fingerprint density at radius 2 is 2.36 bits per heavy atom. The van der Waals surface area contributed by atoms with Crippen molar-refractivity contribution < 1.29 is 4.92 Å². The minimum absolute atomic E-state index is 0.143. The molecule has 1 aliphatic rings. The summed E-state index contributed by atoms with van der Waals surface area (Å²) in [5.41, 5.74) is 6.37. The van der Waals surface area contributed by atoms with E-state index in [1.807, 2.05) is 0 Å². The monoisotopic (exact) mass is 194 g/mol. The van der Waals surface area contributed by atoms with Crippen LogP contribution in [0.1, 0.15) is 6.42 Å². The molecule has 6 nitrogen and oxygen atoms in total. The maximum atomic E-state index is 10.3. The Kier molecular flexibility index (Phi) is 2.05. The van der Waals surface area contributed by atoms with Crippen molar-refractivity contribution in [3.05, 3.63) is 28.4 Å². The highest BCUT2D eigenvalue weighted by Gasteiger charge is 2.33. The van der Waals surface area contributed by atoms with Crippen LogP contribution < -0.4 is 11.1 Å². The summed E-state index contributed by atoms with van der Waals surface area (Å²) >= 11 is 0. The molecule has 1 heterocycles. The molecule has 0 aromatic carbocycles. The molecule has 0 aliphatic heterocycles. The molecule has 6 heteroatoms. The number of anilines is 1. The van der Waals surface area contributed by atoms with Crippen molar-refractivity contribution >= 4 is 11.5 Å². The Morgan fingerprint density at radius 3 is 2.79 bits per heavy atom. The molecule has 0 radical (unpaired) electrons. The van der Waals surface area contributed by atoms with Gasteiger partial charge in [0.15, 0.2) is 6.20 Å². The van der Waals surface area contributed by atoms with Gasteiger partial charge in [-0.1, -0.05) is 0 Å². The Balaban J connectivity index is 2.02. The van der Waals surface area contributed by atoms with Crippen LogP contribution in [-0.4, -0.2) is 22.0 Å². The molecule has 3 N–H and O–H groups in total. The highest BCUT2D eigenvalue weighted by atomic mass is 16.6. The van der Waals surface area contributed by atoms with E-state index in [2.05, 4.69) is 10.3 Å². The number of nitrogens with two attached hydrogens (primary N) is 1. The number of nitro groups is 1. The van der Waals surface area contributed by atoms with Gasteiger partial charge >= 0.3 is 5.82 Å². The first-order chi connectivity index (χ1) is 6.66. The SMILES string of the molecule is NC1CC1Nc1ccc([N+](=O)[O-])nc1. The number of rotatable bonds is 3. The summed E-state index contributed by atoms with van der Waals surface area (Å²) in [4.78, 5) is 13.5. The van der Waals surface area contributed by atoms with E-state index in [9.17, 15) is 10.1 Å². The quantitative estimate of drug-likeness (QED) is 0.539. The van der Waals surface area contributed by atoms with E-state index in [1.54, 1.807) is 6.07 Å². The molecule has 1 aliphatic carbocycles. The summed E-state index contributed by atoms with van der Waals surface area (Å²) in [6.45, 7) is 0. The fourth-order valence-electron chi connectivity index (χ4n) is 1.17. The number of pyridine rings is 1. The van der Waals surface area contributed by atoms with Gasteiger partial charge in [-0.25, -0.2) is 0 Å². The van der Waals surface area contributed by atoms with Gasteiger partial charge in [-0.15, -0.1) is 0 Å². The largest absolute Gasteiger partial charge is 0.378 e. The normalized spacial score (nSPS) is 24.4. The van der Waals surface area contributed by atoms with Crippen LogP contribution in [0.4, 0.5) is 11.5 Å². The predicted molar refractivity (Wildman–Crippen MR) is 50.9 cm³/mol. The lowest BCUT2D eigenvalue weighted by atomic mass is 10.4. The Hall–Kier alpha value is -1.69. The zero-order chi connectivity index (χ0) is 10.1. The van der Waals surface area contributed by atoms with Crippen LogP contribution in [0.25, 0.3) is 0 Å². The molecule has 1 aromatic heterocycles. The van der Waals surface area contributed by atoms with Gasteiger partial charge in [0.05, 0.1) is 5.69 Å². The molecule has 1 fully saturated rings. The molecule has 14 heavy (non-hydrogen) atoms. The fourth-order valence-corrected chi connectivity index (χ4v) is 1.17. The lowest BCUT2D eigenvalue weighted by molar-refractivity contribution is -0.389. The van der Waals surface area contributed by atoms with Crippen molar-refractivity contribution in [2.45, 2.75) is 18.5 Å². The minimum atomic E-state index is -0.521. The number of aromatic nitrogens is 1. The van der Waals surface area contributed by atoms with Crippen molar-refractivity contribution in [2.24, 2.45) is 5.73 Å². The van der Waals surface area contributed by atoms with E-state index in [1.165, 1.54) is 12.3 Å². The van der Waals surface area contributed by atoms with Gasteiger partial charge in [-0.05, 0) is 22.4 Å². The van der Waals surface area contributed by atoms with Gasteiger partial charge in [-0.3, -0.25) is 0 Å².